The zero-order chi connectivity index (χ0) is 25.4. The lowest BCUT2D eigenvalue weighted by molar-refractivity contribution is 0.0541. The van der Waals surface area contributed by atoms with Crippen LogP contribution < -0.4 is 26.8 Å². The number of aliphatic hydroxyl groups is 2. The number of hydrogen-bond donors (Lipinski definition) is 7. The van der Waals surface area contributed by atoms with Crippen LogP contribution in [0.15, 0.2) is 36.4 Å². The molecule has 1 unspecified atom stereocenters. The summed E-state index contributed by atoms with van der Waals surface area (Å²) in [6.07, 6.45) is 1.47. The molecule has 2 aromatic carbocycles. The van der Waals surface area contributed by atoms with Crippen LogP contribution in [0, 0.1) is 5.41 Å². The van der Waals surface area contributed by atoms with E-state index in [1.54, 1.807) is 0 Å². The number of fused-ring (bicyclic) bond motifs is 1. The number of unbranched alkanes of at least 4 members (excludes halogenated alkanes) is 1. The van der Waals surface area contributed by atoms with Crippen LogP contribution in [-0.4, -0.2) is 57.9 Å². The highest BCUT2D eigenvalue weighted by Crippen LogP contribution is 2.29. The molecule has 0 fully saturated rings. The minimum atomic E-state index is -0.931. The molecular weight excluding hydrogens is 474 g/mol. The molecule has 1 heterocycles. The predicted molar refractivity (Wildman–Crippen MR) is 135 cm³/mol. The van der Waals surface area contributed by atoms with Crippen molar-refractivity contribution in [1.29, 1.82) is 5.41 Å². The van der Waals surface area contributed by atoms with Crippen molar-refractivity contribution < 1.29 is 19.7 Å². The number of carbonyl (C=O) groups excluding carboxylic acids is 1. The Balaban J connectivity index is 1.48. The van der Waals surface area contributed by atoms with Gasteiger partial charge in [-0.05, 0) is 36.3 Å². The minimum absolute atomic E-state index is 0.0124. The second-order valence-corrected chi connectivity index (χ2v) is 8.12. The van der Waals surface area contributed by atoms with E-state index < -0.39 is 12.0 Å². The quantitative estimate of drug-likeness (QED) is 0.122. The third-order valence-electron chi connectivity index (χ3n) is 5.15. The average molecular weight is 502 g/mol. The number of nitrogens with one attached hydrogen (secondary N) is 3. The van der Waals surface area contributed by atoms with Gasteiger partial charge in [-0.15, -0.1) is 0 Å². The molecule has 186 valence electrons. The summed E-state index contributed by atoms with van der Waals surface area (Å²) in [5.74, 6) is -0.513. The van der Waals surface area contributed by atoms with Gasteiger partial charge in [0.2, 0.25) is 0 Å². The second-order valence-electron chi connectivity index (χ2n) is 7.76. The first kappa shape index (κ1) is 25.9. The molecule has 1 aromatic heterocycles. The van der Waals surface area contributed by atoms with Crippen LogP contribution in [0.4, 0.5) is 11.6 Å². The van der Waals surface area contributed by atoms with Gasteiger partial charge in [0.25, 0.3) is 5.91 Å². The van der Waals surface area contributed by atoms with E-state index in [4.69, 9.17) is 38.3 Å². The smallest absolute Gasteiger partial charge is 0.280 e. The number of aliphatic hydroxyl groups excluding tert-OH is 2. The summed E-state index contributed by atoms with van der Waals surface area (Å²) >= 11 is 5.78. The molecule has 1 atom stereocenters. The molecule has 9 N–H and O–H groups in total. The number of carbonyl (C=O) groups is 1. The van der Waals surface area contributed by atoms with Gasteiger partial charge in [-0.2, -0.15) is 0 Å². The summed E-state index contributed by atoms with van der Waals surface area (Å²) in [5, 5.41) is 33.5. The first-order valence-electron chi connectivity index (χ1n) is 10.9. The van der Waals surface area contributed by atoms with Gasteiger partial charge in [0.1, 0.15) is 18.5 Å². The van der Waals surface area contributed by atoms with Gasteiger partial charge < -0.3 is 31.7 Å². The van der Waals surface area contributed by atoms with Gasteiger partial charge in [-0.25, -0.2) is 9.97 Å². The van der Waals surface area contributed by atoms with Crippen LogP contribution in [0.1, 0.15) is 28.9 Å². The Labute approximate surface area is 207 Å². The maximum atomic E-state index is 12.3. The van der Waals surface area contributed by atoms with Crippen molar-refractivity contribution in [3.63, 3.8) is 0 Å². The summed E-state index contributed by atoms with van der Waals surface area (Å²) in [6.45, 7) is 0.128. The van der Waals surface area contributed by atoms with Gasteiger partial charge in [0.05, 0.1) is 6.61 Å². The average Bonchev–Trinajstić information content (AvgIpc) is 2.84. The molecule has 35 heavy (non-hydrogen) atoms. The monoisotopic (exact) mass is 501 g/mol. The highest BCUT2D eigenvalue weighted by atomic mass is 35.5. The van der Waals surface area contributed by atoms with Crippen molar-refractivity contribution in [3.05, 3.63) is 52.8 Å². The zero-order valence-electron chi connectivity index (χ0n) is 18.9. The second kappa shape index (κ2) is 12.2. The van der Waals surface area contributed by atoms with Gasteiger partial charge in [0, 0.05) is 11.9 Å². The SMILES string of the molecule is N=C(NCCCCc1ccc(OCC(O)CO)c2ccccc12)NC(=O)c1nc(Cl)c(N)nc1N. The molecule has 11 nitrogen and oxygen atoms in total. The summed E-state index contributed by atoms with van der Waals surface area (Å²) in [5.41, 5.74) is 12.1. The summed E-state index contributed by atoms with van der Waals surface area (Å²) in [7, 11) is 0. The fraction of sp³-hybridized carbons (Fsp3) is 0.304. The Bertz CT molecular complexity index is 1210. The molecule has 0 bridgehead atoms. The van der Waals surface area contributed by atoms with Gasteiger partial charge in [0.15, 0.2) is 28.4 Å². The van der Waals surface area contributed by atoms with Crippen molar-refractivity contribution in [3.8, 4) is 5.75 Å². The summed E-state index contributed by atoms with van der Waals surface area (Å²) in [4.78, 5) is 19.8. The highest BCUT2D eigenvalue weighted by Gasteiger charge is 2.17. The fourth-order valence-electron chi connectivity index (χ4n) is 3.40. The molecule has 0 saturated carbocycles. The Morgan fingerprint density at radius 3 is 2.60 bits per heavy atom. The van der Waals surface area contributed by atoms with Crippen LogP contribution in [0.25, 0.3) is 10.8 Å². The van der Waals surface area contributed by atoms with Crippen molar-refractivity contribution in [2.45, 2.75) is 25.4 Å². The molecule has 0 aliphatic heterocycles. The number of hydrogen-bond acceptors (Lipinski definition) is 9. The van der Waals surface area contributed by atoms with Crippen molar-refractivity contribution in [2.24, 2.45) is 0 Å². The number of anilines is 2. The maximum Gasteiger partial charge on any atom is 0.280 e. The van der Waals surface area contributed by atoms with Crippen LogP contribution in [0.2, 0.25) is 5.15 Å². The van der Waals surface area contributed by atoms with Crippen LogP contribution in [-0.2, 0) is 6.42 Å². The third-order valence-corrected chi connectivity index (χ3v) is 5.43. The lowest BCUT2D eigenvalue weighted by Gasteiger charge is -2.14. The third kappa shape index (κ3) is 6.92. The van der Waals surface area contributed by atoms with E-state index in [0.717, 1.165) is 35.6 Å². The molecule has 0 saturated heterocycles. The fourth-order valence-corrected chi connectivity index (χ4v) is 3.52. The van der Waals surface area contributed by atoms with Gasteiger partial charge >= 0.3 is 0 Å². The molecule has 1 amide bonds. The number of aromatic nitrogens is 2. The number of amides is 1. The number of benzene rings is 2. The Hall–Kier alpha value is -3.67. The molecule has 0 aliphatic carbocycles. The molecule has 12 heteroatoms. The van der Waals surface area contributed by atoms with Crippen LogP contribution in [0.3, 0.4) is 0 Å². The molecule has 3 rings (SSSR count). The van der Waals surface area contributed by atoms with E-state index >= 15 is 0 Å². The first-order chi connectivity index (χ1) is 16.8. The molecule has 0 aliphatic rings. The molecule has 3 aromatic rings. The first-order valence-corrected chi connectivity index (χ1v) is 11.3. The minimum Gasteiger partial charge on any atom is -0.490 e. The normalized spacial score (nSPS) is 11.7. The molecule has 0 radical (unpaired) electrons. The molecule has 0 spiro atoms. The van der Waals surface area contributed by atoms with Gasteiger partial charge in [-0.3, -0.25) is 15.5 Å². The number of nitrogen functional groups attached to an aromatic ring is 2. The maximum absolute atomic E-state index is 12.3. The molecular formula is C23H28ClN7O4. The Morgan fingerprint density at radius 1 is 1.11 bits per heavy atom. The van der Waals surface area contributed by atoms with E-state index in [1.165, 1.54) is 0 Å². The van der Waals surface area contributed by atoms with E-state index in [2.05, 4.69) is 20.6 Å². The predicted octanol–water partition coefficient (Wildman–Crippen LogP) is 1.46. The largest absolute Gasteiger partial charge is 0.490 e. The van der Waals surface area contributed by atoms with Crippen molar-refractivity contribution >= 4 is 45.9 Å². The lowest BCUT2D eigenvalue weighted by atomic mass is 9.99. The van der Waals surface area contributed by atoms with Crippen LogP contribution >= 0.6 is 11.6 Å². The van der Waals surface area contributed by atoms with E-state index in [9.17, 15) is 9.90 Å². The summed E-state index contributed by atoms with van der Waals surface area (Å²) < 4.78 is 5.67. The van der Waals surface area contributed by atoms with E-state index in [1.807, 2.05) is 36.4 Å². The number of halogens is 1. The number of guanidine groups is 1. The zero-order valence-corrected chi connectivity index (χ0v) is 19.7. The Morgan fingerprint density at radius 2 is 1.86 bits per heavy atom. The topological polar surface area (TPSA) is 192 Å². The highest BCUT2D eigenvalue weighted by molar-refractivity contribution is 6.31. The Kier molecular flexibility index (Phi) is 9.01. The summed E-state index contributed by atoms with van der Waals surface area (Å²) in [6, 6.07) is 11.7. The van der Waals surface area contributed by atoms with Crippen LogP contribution in [0.5, 0.6) is 5.75 Å². The lowest BCUT2D eigenvalue weighted by Crippen LogP contribution is -2.41. The van der Waals surface area contributed by atoms with Gasteiger partial charge in [-0.1, -0.05) is 41.9 Å². The standard InChI is InChI=1S/C23H28ClN7O4/c24-19-21(26)30-20(25)18(29-19)22(34)31-23(27)28-10-4-3-5-13-8-9-17(35-12-14(33)11-32)16-7-2-1-6-15(13)16/h1-2,6-9,14,32-33H,3-5,10-12H2,(H4,25,26,30)(H3,27,28,31,34). The van der Waals surface area contributed by atoms with E-state index in [-0.39, 0.29) is 41.7 Å². The van der Waals surface area contributed by atoms with E-state index in [0.29, 0.717) is 12.3 Å². The number of nitrogens with two attached hydrogens (primary N) is 2. The van der Waals surface area contributed by atoms with Crippen molar-refractivity contribution in [2.75, 3.05) is 31.2 Å². The number of nitrogens with zero attached hydrogens (tertiary/aromatic N) is 2. The number of aryl methyl sites for hydroxylation is 1. The van der Waals surface area contributed by atoms with Crippen molar-refractivity contribution in [1.82, 2.24) is 20.6 Å². The number of rotatable bonds is 10. The number of ether oxygens (including phenoxy) is 1.